The van der Waals surface area contributed by atoms with Gasteiger partial charge in [0, 0.05) is 6.42 Å². The van der Waals surface area contributed by atoms with E-state index in [-0.39, 0.29) is 13.1 Å². The van der Waals surface area contributed by atoms with Gasteiger partial charge in [0.25, 0.3) is 6.43 Å². The summed E-state index contributed by atoms with van der Waals surface area (Å²) in [5, 5.41) is 6.33. The molecule has 6 heteroatoms. The minimum atomic E-state index is -2.38. The number of hydrogen-bond donors (Lipinski definition) is 1. The third-order valence-corrected chi connectivity index (χ3v) is 2.29. The molecule has 1 aromatic carbocycles. The molecular formula is C12H13F2N3O. The van der Waals surface area contributed by atoms with E-state index in [0.29, 0.717) is 18.1 Å². The average Bonchev–Trinajstić information content (AvgIpc) is 2.78. The van der Waals surface area contributed by atoms with Crippen molar-refractivity contribution < 1.29 is 13.3 Å². The zero-order chi connectivity index (χ0) is 12.8. The fourth-order valence-electron chi connectivity index (χ4n) is 1.50. The summed E-state index contributed by atoms with van der Waals surface area (Å²) in [5.41, 5.74) is 1.07. The Kier molecular flexibility index (Phi) is 4.35. The summed E-state index contributed by atoms with van der Waals surface area (Å²) in [6, 6.07) is 9.72. The maximum atomic E-state index is 11.9. The molecule has 2 rings (SSSR count). The van der Waals surface area contributed by atoms with E-state index in [1.807, 2.05) is 30.3 Å². The molecule has 1 N–H and O–H groups in total. The molecule has 0 amide bonds. The summed E-state index contributed by atoms with van der Waals surface area (Å²) in [6.45, 7) is -0.220. The number of halogens is 2. The molecule has 4 nitrogen and oxygen atoms in total. The van der Waals surface area contributed by atoms with Crippen molar-refractivity contribution in [3.8, 4) is 0 Å². The lowest BCUT2D eigenvalue weighted by atomic mass is 10.1. The SMILES string of the molecule is FC(F)CNCc1nc(Cc2ccccc2)no1. The Bertz CT molecular complexity index is 473. The van der Waals surface area contributed by atoms with Crippen LogP contribution >= 0.6 is 0 Å². The van der Waals surface area contributed by atoms with Crippen molar-refractivity contribution in [3.05, 3.63) is 47.6 Å². The molecule has 0 radical (unpaired) electrons. The molecule has 0 bridgehead atoms. The summed E-state index contributed by atoms with van der Waals surface area (Å²) in [5.74, 6) is 0.872. The van der Waals surface area contributed by atoms with Crippen LogP contribution in [0.2, 0.25) is 0 Å². The van der Waals surface area contributed by atoms with Crippen LogP contribution in [0.3, 0.4) is 0 Å². The van der Waals surface area contributed by atoms with Crippen LogP contribution in [-0.2, 0) is 13.0 Å². The van der Waals surface area contributed by atoms with Crippen LogP contribution in [0.1, 0.15) is 17.3 Å². The third kappa shape index (κ3) is 3.89. The second-order valence-corrected chi connectivity index (χ2v) is 3.79. The van der Waals surface area contributed by atoms with Crippen LogP contribution in [0.4, 0.5) is 8.78 Å². The topological polar surface area (TPSA) is 51.0 Å². The summed E-state index contributed by atoms with van der Waals surface area (Å²) in [4.78, 5) is 4.12. The Morgan fingerprint density at radius 2 is 2.00 bits per heavy atom. The molecule has 0 unspecified atom stereocenters. The highest BCUT2D eigenvalue weighted by molar-refractivity contribution is 5.18. The van der Waals surface area contributed by atoms with Gasteiger partial charge in [-0.1, -0.05) is 35.5 Å². The van der Waals surface area contributed by atoms with Crippen molar-refractivity contribution in [2.24, 2.45) is 0 Å². The van der Waals surface area contributed by atoms with Gasteiger partial charge in [-0.25, -0.2) is 8.78 Å². The standard InChI is InChI=1S/C12H13F2N3O/c13-10(14)7-15-8-12-16-11(17-18-12)6-9-4-2-1-3-5-9/h1-5,10,15H,6-8H2. The molecule has 0 atom stereocenters. The molecule has 18 heavy (non-hydrogen) atoms. The van der Waals surface area contributed by atoms with Gasteiger partial charge in [-0.05, 0) is 5.56 Å². The molecule has 0 saturated heterocycles. The van der Waals surface area contributed by atoms with Gasteiger partial charge in [0.15, 0.2) is 5.82 Å². The van der Waals surface area contributed by atoms with Crippen molar-refractivity contribution in [2.75, 3.05) is 6.54 Å². The Morgan fingerprint density at radius 3 is 2.72 bits per heavy atom. The zero-order valence-corrected chi connectivity index (χ0v) is 9.64. The summed E-state index contributed by atoms with van der Waals surface area (Å²) in [6.07, 6.45) is -1.81. The Hall–Kier alpha value is -1.82. The average molecular weight is 253 g/mol. The number of alkyl halides is 2. The normalized spacial score (nSPS) is 11.1. The smallest absolute Gasteiger partial charge is 0.250 e. The Balaban J connectivity index is 1.86. The van der Waals surface area contributed by atoms with Crippen molar-refractivity contribution >= 4 is 0 Å². The number of nitrogens with zero attached hydrogens (tertiary/aromatic N) is 2. The largest absolute Gasteiger partial charge is 0.338 e. The van der Waals surface area contributed by atoms with Crippen LogP contribution in [0.15, 0.2) is 34.9 Å². The predicted octanol–water partition coefficient (Wildman–Crippen LogP) is 2.02. The number of benzene rings is 1. The first kappa shape index (κ1) is 12.6. The number of nitrogens with one attached hydrogen (secondary N) is 1. The fourth-order valence-corrected chi connectivity index (χ4v) is 1.50. The maximum absolute atomic E-state index is 11.9. The molecule has 0 saturated carbocycles. The maximum Gasteiger partial charge on any atom is 0.250 e. The van der Waals surface area contributed by atoms with E-state index in [2.05, 4.69) is 15.5 Å². The molecule has 0 aliphatic rings. The van der Waals surface area contributed by atoms with Crippen molar-refractivity contribution in [1.29, 1.82) is 0 Å². The number of hydrogen-bond acceptors (Lipinski definition) is 4. The van der Waals surface area contributed by atoms with Crippen LogP contribution in [0, 0.1) is 0 Å². The quantitative estimate of drug-likeness (QED) is 0.855. The monoisotopic (exact) mass is 253 g/mol. The van der Waals surface area contributed by atoms with E-state index in [0.717, 1.165) is 5.56 Å². The fraction of sp³-hybridized carbons (Fsp3) is 0.333. The van der Waals surface area contributed by atoms with Gasteiger partial charge >= 0.3 is 0 Å². The third-order valence-electron chi connectivity index (χ3n) is 2.29. The van der Waals surface area contributed by atoms with E-state index < -0.39 is 6.43 Å². The van der Waals surface area contributed by atoms with Gasteiger partial charge < -0.3 is 9.84 Å². The first-order valence-corrected chi connectivity index (χ1v) is 5.58. The first-order valence-electron chi connectivity index (χ1n) is 5.58. The van der Waals surface area contributed by atoms with E-state index in [9.17, 15) is 8.78 Å². The molecule has 0 aliphatic carbocycles. The van der Waals surface area contributed by atoms with Gasteiger partial charge in [-0.2, -0.15) is 4.98 Å². The molecule has 2 aromatic rings. The van der Waals surface area contributed by atoms with Gasteiger partial charge in [0.1, 0.15) is 0 Å². The molecule has 96 valence electrons. The lowest BCUT2D eigenvalue weighted by molar-refractivity contribution is 0.144. The number of rotatable bonds is 6. The highest BCUT2D eigenvalue weighted by atomic mass is 19.3. The van der Waals surface area contributed by atoms with Gasteiger partial charge in [0.05, 0.1) is 13.1 Å². The summed E-state index contributed by atoms with van der Waals surface area (Å²) >= 11 is 0. The van der Waals surface area contributed by atoms with Gasteiger partial charge in [-0.15, -0.1) is 0 Å². The van der Waals surface area contributed by atoms with Crippen LogP contribution in [0.5, 0.6) is 0 Å². The first-order chi connectivity index (χ1) is 8.74. The molecule has 1 aromatic heterocycles. The molecule has 0 aliphatic heterocycles. The van der Waals surface area contributed by atoms with E-state index in [4.69, 9.17) is 4.52 Å². The van der Waals surface area contributed by atoms with E-state index in [1.165, 1.54) is 0 Å². The lowest BCUT2D eigenvalue weighted by Crippen LogP contribution is -2.20. The summed E-state index contributed by atoms with van der Waals surface area (Å²) in [7, 11) is 0. The lowest BCUT2D eigenvalue weighted by Gasteiger charge is -1.98. The van der Waals surface area contributed by atoms with Gasteiger partial charge in [-0.3, -0.25) is 0 Å². The Morgan fingerprint density at radius 1 is 1.22 bits per heavy atom. The van der Waals surface area contributed by atoms with Crippen molar-refractivity contribution in [3.63, 3.8) is 0 Å². The van der Waals surface area contributed by atoms with E-state index in [1.54, 1.807) is 0 Å². The van der Waals surface area contributed by atoms with Crippen LogP contribution in [-0.4, -0.2) is 23.1 Å². The second-order valence-electron chi connectivity index (χ2n) is 3.79. The zero-order valence-electron chi connectivity index (χ0n) is 9.64. The van der Waals surface area contributed by atoms with Crippen LogP contribution < -0.4 is 5.32 Å². The molecule has 0 fully saturated rings. The summed E-state index contributed by atoms with van der Waals surface area (Å²) < 4.78 is 28.8. The highest BCUT2D eigenvalue weighted by Crippen LogP contribution is 2.06. The number of aromatic nitrogens is 2. The van der Waals surface area contributed by atoms with Crippen LogP contribution in [0.25, 0.3) is 0 Å². The molecule has 1 heterocycles. The molecule has 0 spiro atoms. The van der Waals surface area contributed by atoms with Crippen molar-refractivity contribution in [1.82, 2.24) is 15.5 Å². The Labute approximate surface area is 103 Å². The predicted molar refractivity (Wildman–Crippen MR) is 61.3 cm³/mol. The van der Waals surface area contributed by atoms with E-state index >= 15 is 0 Å². The minimum absolute atomic E-state index is 0.159. The second kappa shape index (κ2) is 6.20. The van der Waals surface area contributed by atoms with Crippen molar-refractivity contribution in [2.45, 2.75) is 19.4 Å². The van der Waals surface area contributed by atoms with Gasteiger partial charge in [0.2, 0.25) is 5.89 Å². The molecular weight excluding hydrogens is 240 g/mol. The highest BCUT2D eigenvalue weighted by Gasteiger charge is 2.08. The minimum Gasteiger partial charge on any atom is -0.338 e.